The third-order valence-electron chi connectivity index (χ3n) is 2.88. The van der Waals surface area contributed by atoms with E-state index in [1.807, 2.05) is 0 Å². The van der Waals surface area contributed by atoms with Crippen molar-refractivity contribution in [2.75, 3.05) is 13.7 Å². The highest BCUT2D eigenvalue weighted by Crippen LogP contribution is 2.17. The average molecular weight is 228 g/mol. The first kappa shape index (κ1) is 13.0. The van der Waals surface area contributed by atoms with Crippen LogP contribution in [0.15, 0.2) is 0 Å². The Morgan fingerprint density at radius 3 is 2.56 bits per heavy atom. The monoisotopic (exact) mass is 228 g/mol. The van der Waals surface area contributed by atoms with Gasteiger partial charge in [0.1, 0.15) is 0 Å². The van der Waals surface area contributed by atoms with Crippen LogP contribution in [0.3, 0.4) is 0 Å². The first-order chi connectivity index (χ1) is 7.63. The largest absolute Gasteiger partial charge is 0.468 e. The summed E-state index contributed by atoms with van der Waals surface area (Å²) in [5.41, 5.74) is 0. The van der Waals surface area contributed by atoms with Gasteiger partial charge in [0.25, 0.3) is 0 Å². The van der Waals surface area contributed by atoms with E-state index < -0.39 is 0 Å². The van der Waals surface area contributed by atoms with Gasteiger partial charge in [-0.1, -0.05) is 12.8 Å². The van der Waals surface area contributed by atoms with E-state index in [2.05, 4.69) is 15.4 Å². The van der Waals surface area contributed by atoms with E-state index >= 15 is 0 Å². The highest BCUT2D eigenvalue weighted by atomic mass is 16.5. The van der Waals surface area contributed by atoms with Crippen LogP contribution >= 0.6 is 0 Å². The molecule has 1 aliphatic carbocycles. The summed E-state index contributed by atoms with van der Waals surface area (Å²) in [7, 11) is 1.33. The summed E-state index contributed by atoms with van der Waals surface area (Å²) < 4.78 is 4.48. The zero-order chi connectivity index (χ0) is 12.0. The molecule has 0 bridgehead atoms. The van der Waals surface area contributed by atoms with E-state index in [0.29, 0.717) is 6.04 Å². The number of ether oxygens (including phenoxy) is 1. The van der Waals surface area contributed by atoms with Crippen molar-refractivity contribution >= 4 is 11.9 Å². The number of methoxy groups -OCH3 is 1. The fourth-order valence-electron chi connectivity index (χ4n) is 1.80. The molecule has 0 spiro atoms. The number of hydrogen-bond donors (Lipinski definition) is 2. The third-order valence-corrected chi connectivity index (χ3v) is 2.88. The third kappa shape index (κ3) is 4.18. The Balaban J connectivity index is 2.21. The van der Waals surface area contributed by atoms with Crippen LogP contribution in [-0.4, -0.2) is 37.6 Å². The molecule has 1 unspecified atom stereocenters. The lowest BCUT2D eigenvalue weighted by Crippen LogP contribution is -2.46. The van der Waals surface area contributed by atoms with Crippen LogP contribution in [0.5, 0.6) is 0 Å². The Bertz CT molecular complexity index is 250. The number of nitrogens with one attached hydrogen (secondary N) is 2. The summed E-state index contributed by atoms with van der Waals surface area (Å²) in [6.07, 6.45) is 4.51. The fourth-order valence-corrected chi connectivity index (χ4v) is 1.80. The molecule has 0 aromatic carbocycles. The number of hydrogen-bond acceptors (Lipinski definition) is 4. The number of rotatable bonds is 5. The molecule has 0 aromatic rings. The highest BCUT2D eigenvalue weighted by Gasteiger charge is 2.20. The van der Waals surface area contributed by atoms with Gasteiger partial charge in [0.2, 0.25) is 5.91 Å². The first-order valence-corrected chi connectivity index (χ1v) is 5.74. The molecule has 0 aliphatic heterocycles. The Hall–Kier alpha value is -1.10. The quantitative estimate of drug-likeness (QED) is 0.659. The number of esters is 1. The Labute approximate surface area is 95.9 Å². The summed E-state index contributed by atoms with van der Waals surface area (Å²) in [6.45, 7) is 1.81. The van der Waals surface area contributed by atoms with Crippen molar-refractivity contribution in [1.82, 2.24) is 10.6 Å². The van der Waals surface area contributed by atoms with E-state index in [-0.39, 0.29) is 24.5 Å². The summed E-state index contributed by atoms with van der Waals surface area (Å²) in [6, 6.07) is -0.0467. The highest BCUT2D eigenvalue weighted by molar-refractivity contribution is 5.82. The van der Waals surface area contributed by atoms with Gasteiger partial charge < -0.3 is 10.1 Å². The second-order valence-electron chi connectivity index (χ2n) is 4.17. The van der Waals surface area contributed by atoms with Crippen molar-refractivity contribution in [2.24, 2.45) is 0 Å². The molecule has 1 atom stereocenters. The second kappa shape index (κ2) is 6.48. The van der Waals surface area contributed by atoms with Gasteiger partial charge in [-0.3, -0.25) is 14.9 Å². The normalized spacial score (nSPS) is 18.1. The van der Waals surface area contributed by atoms with Gasteiger partial charge in [-0.2, -0.15) is 0 Å². The molecule has 0 radical (unpaired) electrons. The van der Waals surface area contributed by atoms with Crippen molar-refractivity contribution in [3.63, 3.8) is 0 Å². The minimum atomic E-state index is -0.361. The zero-order valence-corrected chi connectivity index (χ0v) is 9.91. The lowest BCUT2D eigenvalue weighted by molar-refractivity contribution is -0.139. The van der Waals surface area contributed by atoms with Crippen molar-refractivity contribution in [2.45, 2.75) is 44.7 Å². The van der Waals surface area contributed by atoms with Crippen molar-refractivity contribution in [1.29, 1.82) is 0 Å². The minimum absolute atomic E-state index is 0.0456. The molecule has 0 heterocycles. The SMILES string of the molecule is COC(=O)CNC(C)C(=O)NC1CCCC1. The molecule has 5 nitrogen and oxygen atoms in total. The molecular weight excluding hydrogens is 208 g/mol. The molecule has 1 aliphatic rings. The van der Waals surface area contributed by atoms with E-state index in [1.165, 1.54) is 20.0 Å². The van der Waals surface area contributed by atoms with Gasteiger partial charge in [-0.05, 0) is 19.8 Å². The van der Waals surface area contributed by atoms with E-state index in [4.69, 9.17) is 0 Å². The molecule has 1 rings (SSSR count). The van der Waals surface area contributed by atoms with Crippen molar-refractivity contribution in [3.05, 3.63) is 0 Å². The molecule has 0 aromatic heterocycles. The summed E-state index contributed by atoms with van der Waals surface area (Å²) in [4.78, 5) is 22.5. The Morgan fingerprint density at radius 2 is 2.00 bits per heavy atom. The predicted octanol–water partition coefficient (Wildman–Crippen LogP) is 0.196. The number of carbonyl (C=O) groups excluding carboxylic acids is 2. The molecule has 92 valence electrons. The molecule has 16 heavy (non-hydrogen) atoms. The Kier molecular flexibility index (Phi) is 5.25. The van der Waals surface area contributed by atoms with Crippen LogP contribution in [0.1, 0.15) is 32.6 Å². The van der Waals surface area contributed by atoms with Gasteiger partial charge in [0, 0.05) is 6.04 Å². The Morgan fingerprint density at radius 1 is 1.38 bits per heavy atom. The van der Waals surface area contributed by atoms with Gasteiger partial charge >= 0.3 is 5.97 Å². The molecule has 1 amide bonds. The predicted molar refractivity (Wildman–Crippen MR) is 59.9 cm³/mol. The number of amides is 1. The van der Waals surface area contributed by atoms with E-state index in [0.717, 1.165) is 12.8 Å². The topological polar surface area (TPSA) is 67.4 Å². The van der Waals surface area contributed by atoms with Crippen LogP contribution in [0.4, 0.5) is 0 Å². The lowest BCUT2D eigenvalue weighted by atomic mass is 10.2. The van der Waals surface area contributed by atoms with Gasteiger partial charge in [-0.15, -0.1) is 0 Å². The van der Waals surface area contributed by atoms with Crippen molar-refractivity contribution < 1.29 is 14.3 Å². The maximum absolute atomic E-state index is 11.7. The smallest absolute Gasteiger partial charge is 0.319 e. The molecule has 5 heteroatoms. The van der Waals surface area contributed by atoms with Crippen LogP contribution in [0, 0.1) is 0 Å². The maximum Gasteiger partial charge on any atom is 0.319 e. The van der Waals surface area contributed by atoms with Gasteiger partial charge in [0.05, 0.1) is 19.7 Å². The summed E-state index contributed by atoms with van der Waals surface area (Å²) in [5.74, 6) is -0.406. The van der Waals surface area contributed by atoms with Crippen LogP contribution in [0.25, 0.3) is 0 Å². The van der Waals surface area contributed by atoms with E-state index in [1.54, 1.807) is 6.92 Å². The van der Waals surface area contributed by atoms with Gasteiger partial charge in [-0.25, -0.2) is 0 Å². The average Bonchev–Trinajstić information content (AvgIpc) is 2.77. The summed E-state index contributed by atoms with van der Waals surface area (Å²) in [5, 5.41) is 5.79. The minimum Gasteiger partial charge on any atom is -0.468 e. The molecular formula is C11H20N2O3. The molecule has 0 saturated heterocycles. The van der Waals surface area contributed by atoms with Crippen LogP contribution in [-0.2, 0) is 14.3 Å². The molecule has 2 N–H and O–H groups in total. The standard InChI is InChI=1S/C11H20N2O3/c1-8(12-7-10(14)16-2)11(15)13-9-5-3-4-6-9/h8-9,12H,3-7H2,1-2H3,(H,13,15). The van der Waals surface area contributed by atoms with Crippen LogP contribution < -0.4 is 10.6 Å². The zero-order valence-electron chi connectivity index (χ0n) is 9.91. The van der Waals surface area contributed by atoms with E-state index in [9.17, 15) is 9.59 Å². The van der Waals surface area contributed by atoms with Crippen molar-refractivity contribution in [3.8, 4) is 0 Å². The summed E-state index contributed by atoms with van der Waals surface area (Å²) >= 11 is 0. The molecule has 1 fully saturated rings. The van der Waals surface area contributed by atoms with Gasteiger partial charge in [0.15, 0.2) is 0 Å². The lowest BCUT2D eigenvalue weighted by Gasteiger charge is -2.17. The second-order valence-corrected chi connectivity index (χ2v) is 4.17. The molecule has 1 saturated carbocycles. The fraction of sp³-hybridized carbons (Fsp3) is 0.818. The first-order valence-electron chi connectivity index (χ1n) is 5.74. The maximum atomic E-state index is 11.7. The van der Waals surface area contributed by atoms with Crippen LogP contribution in [0.2, 0.25) is 0 Å². The number of carbonyl (C=O) groups is 2.